The van der Waals surface area contributed by atoms with E-state index < -0.39 is 10.0 Å². The van der Waals surface area contributed by atoms with Gasteiger partial charge in [0.15, 0.2) is 5.82 Å². The second-order valence-electron chi connectivity index (χ2n) is 9.39. The van der Waals surface area contributed by atoms with Gasteiger partial charge in [0.25, 0.3) is 6.47 Å². The first-order valence-electron chi connectivity index (χ1n) is 13.2. The number of carboxylic acid groups (broad SMARTS) is 1. The predicted octanol–water partition coefficient (Wildman–Crippen LogP) is 6.93. The zero-order valence-electron chi connectivity index (χ0n) is 23.1. The first-order valence-corrected chi connectivity index (χ1v) is 15.7. The zero-order chi connectivity index (χ0) is 29.8. The molecule has 0 amide bonds. The molecule has 9 heteroatoms. The van der Waals surface area contributed by atoms with Crippen LogP contribution >= 0.6 is 11.9 Å². The molecule has 0 aliphatic carbocycles. The van der Waals surface area contributed by atoms with Gasteiger partial charge in [-0.2, -0.15) is 3.71 Å². The number of benzene rings is 4. The molecule has 0 unspecified atom stereocenters. The molecule has 42 heavy (non-hydrogen) atoms. The third kappa shape index (κ3) is 8.52. The highest BCUT2D eigenvalue weighted by atomic mass is 32.3. The van der Waals surface area contributed by atoms with Crippen molar-refractivity contribution in [3.63, 3.8) is 0 Å². The van der Waals surface area contributed by atoms with Crippen LogP contribution in [-0.4, -0.2) is 30.0 Å². The van der Waals surface area contributed by atoms with Crippen LogP contribution in [0, 0.1) is 6.92 Å². The largest absolute Gasteiger partial charge is 0.483 e. The van der Waals surface area contributed by atoms with E-state index in [1.807, 2.05) is 122 Å². The van der Waals surface area contributed by atoms with E-state index in [2.05, 4.69) is 0 Å². The summed E-state index contributed by atoms with van der Waals surface area (Å²) in [4.78, 5) is 18.1. The predicted molar refractivity (Wildman–Crippen MR) is 169 cm³/mol. The standard InChI is InChI=1S/C32H29N3O2S2.CH2O2/c1-25-17-19-29(20-18-25)31-22-33-32(30(34-31)21-26-11-5-2-6-12-26)35(38-23-27-13-7-3-8-14-27)39(36,37)24-28-15-9-4-10-16-28;2-1-3/h2-20,22H,21,23-24H2,1H3;1H,(H,2,3). The van der Waals surface area contributed by atoms with Gasteiger partial charge >= 0.3 is 0 Å². The zero-order valence-corrected chi connectivity index (χ0v) is 24.7. The van der Waals surface area contributed by atoms with Gasteiger partial charge in [0.1, 0.15) is 0 Å². The molecular weight excluding hydrogens is 567 g/mol. The number of nitrogens with zero attached hydrogens (tertiary/aromatic N) is 3. The van der Waals surface area contributed by atoms with E-state index in [9.17, 15) is 8.42 Å². The summed E-state index contributed by atoms with van der Waals surface area (Å²) in [5.41, 5.74) is 6.18. The number of aryl methyl sites for hydroxylation is 1. The van der Waals surface area contributed by atoms with E-state index in [0.29, 0.717) is 29.4 Å². The van der Waals surface area contributed by atoms with Gasteiger partial charge in [0.2, 0.25) is 10.0 Å². The van der Waals surface area contributed by atoms with Gasteiger partial charge in [-0.25, -0.2) is 18.4 Å². The van der Waals surface area contributed by atoms with Gasteiger partial charge in [-0.1, -0.05) is 121 Å². The first kappa shape index (κ1) is 30.5. The molecule has 0 aliphatic heterocycles. The van der Waals surface area contributed by atoms with Crippen molar-refractivity contribution in [1.29, 1.82) is 0 Å². The summed E-state index contributed by atoms with van der Waals surface area (Å²) in [5, 5.41) is 6.89. The second kappa shape index (κ2) is 15.0. The Morgan fingerprint density at radius 3 is 1.88 bits per heavy atom. The van der Waals surface area contributed by atoms with Crippen molar-refractivity contribution in [3.05, 3.63) is 149 Å². The highest BCUT2D eigenvalue weighted by molar-refractivity contribution is 8.13. The van der Waals surface area contributed by atoms with Crippen LogP contribution in [0.25, 0.3) is 11.3 Å². The van der Waals surface area contributed by atoms with E-state index in [1.54, 1.807) is 6.20 Å². The fraction of sp³-hybridized carbons (Fsp3) is 0.121. The van der Waals surface area contributed by atoms with Crippen LogP contribution in [0.3, 0.4) is 0 Å². The minimum atomic E-state index is -3.80. The van der Waals surface area contributed by atoms with E-state index in [0.717, 1.165) is 27.8 Å². The average Bonchev–Trinajstić information content (AvgIpc) is 3.00. The Hall–Kier alpha value is -4.47. The fourth-order valence-electron chi connectivity index (χ4n) is 4.17. The first-order chi connectivity index (χ1) is 20.4. The SMILES string of the molecule is Cc1ccc(-c2cnc(N(SCc3ccccc3)S(=O)(=O)Cc3ccccc3)c(Cc3ccccc3)n2)cc1.O=CO. The Morgan fingerprint density at radius 1 is 0.786 bits per heavy atom. The molecule has 1 heterocycles. The molecule has 5 aromatic rings. The Labute approximate surface area is 251 Å². The van der Waals surface area contributed by atoms with Gasteiger partial charge < -0.3 is 5.11 Å². The monoisotopic (exact) mass is 597 g/mol. The molecule has 5 rings (SSSR count). The summed E-state index contributed by atoms with van der Waals surface area (Å²) in [6.45, 7) is 1.79. The van der Waals surface area contributed by atoms with Crippen LogP contribution < -0.4 is 3.71 Å². The average molecular weight is 598 g/mol. The number of hydrogen-bond donors (Lipinski definition) is 1. The molecule has 0 atom stereocenters. The van der Waals surface area contributed by atoms with E-state index >= 15 is 0 Å². The number of hydrogen-bond acceptors (Lipinski definition) is 6. The van der Waals surface area contributed by atoms with Crippen LogP contribution in [0.2, 0.25) is 0 Å². The topological polar surface area (TPSA) is 100 Å². The summed E-state index contributed by atoms with van der Waals surface area (Å²) in [5.74, 6) is 0.676. The van der Waals surface area contributed by atoms with E-state index in [1.165, 1.54) is 15.7 Å². The van der Waals surface area contributed by atoms with E-state index in [4.69, 9.17) is 19.9 Å². The lowest BCUT2D eigenvalue weighted by molar-refractivity contribution is -0.122. The third-order valence-corrected chi connectivity index (χ3v) is 9.44. The van der Waals surface area contributed by atoms with Crippen molar-refractivity contribution >= 4 is 34.3 Å². The molecule has 0 bridgehead atoms. The minimum Gasteiger partial charge on any atom is -0.483 e. The highest BCUT2D eigenvalue weighted by Crippen LogP contribution is 2.33. The van der Waals surface area contributed by atoms with Crippen molar-refractivity contribution < 1.29 is 18.3 Å². The molecule has 1 N–H and O–H groups in total. The third-order valence-electron chi connectivity index (χ3n) is 6.19. The smallest absolute Gasteiger partial charge is 0.290 e. The molecule has 214 valence electrons. The van der Waals surface area contributed by atoms with Gasteiger partial charge in [-0.3, -0.25) is 4.79 Å². The minimum absolute atomic E-state index is 0.137. The summed E-state index contributed by atoms with van der Waals surface area (Å²) < 4.78 is 29.3. The highest BCUT2D eigenvalue weighted by Gasteiger charge is 2.29. The summed E-state index contributed by atoms with van der Waals surface area (Å²) in [6.07, 6.45) is 2.12. The van der Waals surface area contributed by atoms with Gasteiger partial charge in [0.05, 0.1) is 23.3 Å². The number of anilines is 1. The molecule has 7 nitrogen and oxygen atoms in total. The van der Waals surface area contributed by atoms with Crippen LogP contribution in [0.1, 0.15) is 27.9 Å². The molecule has 0 radical (unpaired) electrons. The quantitative estimate of drug-likeness (QED) is 0.138. The van der Waals surface area contributed by atoms with Crippen LogP contribution in [0.4, 0.5) is 5.82 Å². The molecule has 1 aromatic heterocycles. The van der Waals surface area contributed by atoms with Crippen LogP contribution in [-0.2, 0) is 32.7 Å². The van der Waals surface area contributed by atoms with Crippen molar-refractivity contribution in [1.82, 2.24) is 9.97 Å². The Bertz CT molecular complexity index is 1670. The summed E-state index contributed by atoms with van der Waals surface area (Å²) in [6, 6.07) is 37.1. The molecular formula is C33H31N3O4S2. The van der Waals surface area contributed by atoms with Gasteiger partial charge in [0, 0.05) is 17.7 Å². The number of sulfonamides is 1. The molecule has 0 saturated heterocycles. The lowest BCUT2D eigenvalue weighted by Gasteiger charge is -2.24. The lowest BCUT2D eigenvalue weighted by Crippen LogP contribution is -2.28. The molecule has 0 spiro atoms. The summed E-state index contributed by atoms with van der Waals surface area (Å²) in [7, 11) is -3.80. The Kier molecular flexibility index (Phi) is 10.9. The van der Waals surface area contributed by atoms with Crippen molar-refractivity contribution in [2.75, 3.05) is 3.71 Å². The van der Waals surface area contributed by atoms with Gasteiger partial charge in [-0.15, -0.1) is 0 Å². The summed E-state index contributed by atoms with van der Waals surface area (Å²) >= 11 is 1.23. The van der Waals surface area contributed by atoms with Crippen LogP contribution in [0.15, 0.2) is 121 Å². The van der Waals surface area contributed by atoms with Crippen molar-refractivity contribution in [2.24, 2.45) is 0 Å². The maximum atomic E-state index is 14.0. The number of carbonyl (C=O) groups is 1. The van der Waals surface area contributed by atoms with E-state index in [-0.39, 0.29) is 12.2 Å². The number of rotatable bonds is 10. The normalized spacial score (nSPS) is 10.8. The van der Waals surface area contributed by atoms with Gasteiger partial charge in [-0.05, 0) is 35.6 Å². The fourth-order valence-corrected chi connectivity index (χ4v) is 7.01. The maximum Gasteiger partial charge on any atom is 0.290 e. The second-order valence-corrected chi connectivity index (χ2v) is 12.3. The molecule has 0 fully saturated rings. The number of aromatic nitrogens is 2. The maximum absolute atomic E-state index is 14.0. The van der Waals surface area contributed by atoms with Crippen molar-refractivity contribution in [3.8, 4) is 11.3 Å². The molecule has 0 aliphatic rings. The molecule has 0 saturated carbocycles. The van der Waals surface area contributed by atoms with Crippen molar-refractivity contribution in [2.45, 2.75) is 24.9 Å². The Balaban J connectivity index is 0.00000129. The Morgan fingerprint density at radius 2 is 1.31 bits per heavy atom. The van der Waals surface area contributed by atoms with Crippen LogP contribution in [0.5, 0.6) is 0 Å². The lowest BCUT2D eigenvalue weighted by atomic mass is 10.1. The molecule has 4 aromatic carbocycles.